The summed E-state index contributed by atoms with van der Waals surface area (Å²) in [5, 5.41) is 30.0. The highest BCUT2D eigenvalue weighted by Crippen LogP contribution is 2.30. The van der Waals surface area contributed by atoms with Gasteiger partial charge in [0.2, 0.25) is 5.90 Å². The maximum absolute atomic E-state index is 10.4. The summed E-state index contributed by atoms with van der Waals surface area (Å²) in [7, 11) is 0. The molecule has 6 heteroatoms. The van der Waals surface area contributed by atoms with Crippen LogP contribution >= 0.6 is 0 Å². The minimum absolute atomic E-state index is 0.152. The molecule has 0 aliphatic heterocycles. The average molecular weight is 350 g/mol. The molecule has 3 aromatic rings. The first kappa shape index (κ1) is 16.8. The van der Waals surface area contributed by atoms with E-state index in [1.54, 1.807) is 0 Å². The Labute approximate surface area is 151 Å². The normalized spacial score (nSPS) is 15.2. The Morgan fingerprint density at radius 2 is 2.19 bits per heavy atom. The van der Waals surface area contributed by atoms with Gasteiger partial charge in [-0.25, -0.2) is 0 Å². The molecule has 0 spiro atoms. The Kier molecular flexibility index (Phi) is 4.44. The van der Waals surface area contributed by atoms with Crippen molar-refractivity contribution in [3.63, 3.8) is 0 Å². The van der Waals surface area contributed by atoms with Crippen LogP contribution in [0.1, 0.15) is 37.1 Å². The number of rotatable bonds is 6. The number of aromatic amines is 1. The smallest absolute Gasteiger partial charge is 0.213 e. The molecule has 1 unspecified atom stereocenters. The van der Waals surface area contributed by atoms with E-state index < -0.39 is 6.23 Å². The zero-order chi connectivity index (χ0) is 18.1. The number of fused-ring (bicyclic) bond motifs is 1. The van der Waals surface area contributed by atoms with Gasteiger partial charge < -0.3 is 9.84 Å². The van der Waals surface area contributed by atoms with Crippen LogP contribution in [-0.4, -0.2) is 33.9 Å². The summed E-state index contributed by atoms with van der Waals surface area (Å²) in [6, 6.07) is 13.9. The van der Waals surface area contributed by atoms with Crippen LogP contribution in [0.4, 0.5) is 0 Å². The lowest BCUT2D eigenvalue weighted by Crippen LogP contribution is -2.22. The largest absolute Gasteiger partial charge is 0.478 e. The maximum atomic E-state index is 10.4. The van der Waals surface area contributed by atoms with Gasteiger partial charge in [0.25, 0.3) is 0 Å². The highest BCUT2D eigenvalue weighted by molar-refractivity contribution is 6.00. The average Bonchev–Trinajstić information content (AvgIpc) is 3.37. The molecule has 2 aromatic carbocycles. The summed E-state index contributed by atoms with van der Waals surface area (Å²) < 4.78 is 5.30. The topological polar surface area (TPSA) is 94.0 Å². The highest BCUT2D eigenvalue weighted by Gasteiger charge is 2.24. The van der Waals surface area contributed by atoms with Crippen molar-refractivity contribution in [3.05, 3.63) is 53.6 Å². The summed E-state index contributed by atoms with van der Waals surface area (Å²) in [6.07, 6.45) is 1.57. The molecule has 1 aliphatic carbocycles. The van der Waals surface area contributed by atoms with E-state index in [1.165, 1.54) is 0 Å². The molecule has 134 valence electrons. The number of H-pyrrole nitrogens is 1. The second-order valence-corrected chi connectivity index (χ2v) is 6.56. The van der Waals surface area contributed by atoms with E-state index in [-0.39, 0.29) is 5.90 Å². The number of ether oxygens (including phenoxy) is 1. The lowest BCUT2D eigenvalue weighted by molar-refractivity contribution is 0.137. The predicted octanol–water partition coefficient (Wildman–Crippen LogP) is 3.33. The van der Waals surface area contributed by atoms with Gasteiger partial charge in [0, 0.05) is 22.6 Å². The van der Waals surface area contributed by atoms with Crippen molar-refractivity contribution in [2.75, 3.05) is 6.61 Å². The van der Waals surface area contributed by atoms with Crippen molar-refractivity contribution in [3.8, 4) is 11.3 Å². The van der Waals surface area contributed by atoms with Gasteiger partial charge in [-0.15, -0.1) is 0 Å². The van der Waals surface area contributed by atoms with Crippen LogP contribution in [0.2, 0.25) is 0 Å². The molecule has 1 fully saturated rings. The van der Waals surface area contributed by atoms with Gasteiger partial charge in [0.05, 0.1) is 17.8 Å². The Hall–Kier alpha value is -2.70. The summed E-state index contributed by atoms with van der Waals surface area (Å²) in [5.74, 6) is 0.152. The van der Waals surface area contributed by atoms with Crippen LogP contribution in [0.3, 0.4) is 0 Å². The monoisotopic (exact) mass is 350 g/mol. The quantitative estimate of drug-likeness (QED) is 0.312. The number of aromatic nitrogens is 2. The van der Waals surface area contributed by atoms with E-state index in [9.17, 15) is 5.11 Å². The minimum atomic E-state index is -0.672. The van der Waals surface area contributed by atoms with Gasteiger partial charge in [0.1, 0.15) is 6.23 Å². The molecule has 4 N–H and O–H groups in total. The van der Waals surface area contributed by atoms with Gasteiger partial charge >= 0.3 is 0 Å². The zero-order valence-electron chi connectivity index (χ0n) is 14.6. The van der Waals surface area contributed by atoms with E-state index in [0.29, 0.717) is 18.2 Å². The SMILES string of the molecule is CCOC(=N)c1ccc2[nH]nc(-c3cccc(C(O)NC4CC4)c3)c2c1. The third-order valence-electron chi connectivity index (χ3n) is 4.56. The molecule has 1 saturated carbocycles. The lowest BCUT2D eigenvalue weighted by atomic mass is 10.0. The van der Waals surface area contributed by atoms with Crippen molar-refractivity contribution in [2.45, 2.75) is 32.0 Å². The van der Waals surface area contributed by atoms with E-state index in [2.05, 4.69) is 15.5 Å². The lowest BCUT2D eigenvalue weighted by Gasteiger charge is -2.13. The van der Waals surface area contributed by atoms with E-state index in [1.807, 2.05) is 49.4 Å². The summed E-state index contributed by atoms with van der Waals surface area (Å²) >= 11 is 0. The van der Waals surface area contributed by atoms with Crippen LogP contribution in [-0.2, 0) is 4.74 Å². The molecule has 0 bridgehead atoms. The molecular weight excluding hydrogens is 328 g/mol. The van der Waals surface area contributed by atoms with Crippen molar-refractivity contribution in [2.24, 2.45) is 0 Å². The number of benzene rings is 2. The van der Waals surface area contributed by atoms with Crippen molar-refractivity contribution in [1.82, 2.24) is 15.5 Å². The van der Waals surface area contributed by atoms with E-state index in [4.69, 9.17) is 10.1 Å². The van der Waals surface area contributed by atoms with Gasteiger partial charge in [0.15, 0.2) is 0 Å². The first-order valence-electron chi connectivity index (χ1n) is 8.90. The third-order valence-corrected chi connectivity index (χ3v) is 4.56. The predicted molar refractivity (Wildman–Crippen MR) is 101 cm³/mol. The number of aliphatic hydroxyl groups excluding tert-OH is 1. The van der Waals surface area contributed by atoms with Crippen molar-refractivity contribution < 1.29 is 9.84 Å². The number of aliphatic hydroxyl groups is 1. The van der Waals surface area contributed by atoms with Crippen LogP contribution in [0.15, 0.2) is 42.5 Å². The van der Waals surface area contributed by atoms with Crippen LogP contribution < -0.4 is 5.32 Å². The first-order chi connectivity index (χ1) is 12.7. The number of nitrogens with zero attached hydrogens (tertiary/aromatic N) is 1. The minimum Gasteiger partial charge on any atom is -0.478 e. The summed E-state index contributed by atoms with van der Waals surface area (Å²) in [4.78, 5) is 0. The summed E-state index contributed by atoms with van der Waals surface area (Å²) in [5.41, 5.74) is 4.16. The molecule has 6 nitrogen and oxygen atoms in total. The molecule has 1 aliphatic rings. The van der Waals surface area contributed by atoms with Crippen molar-refractivity contribution >= 4 is 16.8 Å². The molecule has 0 amide bonds. The second kappa shape index (κ2) is 6.90. The van der Waals surface area contributed by atoms with Gasteiger partial charge in [-0.05, 0) is 49.6 Å². The molecule has 1 heterocycles. The Bertz CT molecular complexity index is 946. The number of hydrogen-bond donors (Lipinski definition) is 4. The van der Waals surface area contributed by atoms with Crippen molar-refractivity contribution in [1.29, 1.82) is 5.41 Å². The van der Waals surface area contributed by atoms with Crippen LogP contribution in [0.5, 0.6) is 0 Å². The molecule has 1 atom stereocenters. The number of hydrogen-bond acceptors (Lipinski definition) is 5. The number of nitrogens with one attached hydrogen (secondary N) is 3. The molecule has 0 radical (unpaired) electrons. The highest BCUT2D eigenvalue weighted by atomic mass is 16.5. The van der Waals surface area contributed by atoms with Crippen LogP contribution in [0.25, 0.3) is 22.2 Å². The molecular formula is C20H22N4O2. The standard InChI is InChI=1S/C20H22N4O2/c1-2-26-19(21)13-6-9-17-16(11-13)18(24-23-17)12-4-3-5-14(10-12)20(25)22-15-7-8-15/h3-6,9-11,15,20-22,25H,2,7-8H2,1H3,(H,23,24). The first-order valence-corrected chi connectivity index (χ1v) is 8.90. The Morgan fingerprint density at radius 1 is 1.35 bits per heavy atom. The fourth-order valence-corrected chi connectivity index (χ4v) is 3.03. The van der Waals surface area contributed by atoms with Gasteiger partial charge in [-0.1, -0.05) is 18.2 Å². The maximum Gasteiger partial charge on any atom is 0.213 e. The third kappa shape index (κ3) is 3.34. The molecule has 26 heavy (non-hydrogen) atoms. The van der Waals surface area contributed by atoms with Gasteiger partial charge in [-0.2, -0.15) is 5.10 Å². The van der Waals surface area contributed by atoms with Crippen LogP contribution in [0, 0.1) is 5.41 Å². The fourth-order valence-electron chi connectivity index (χ4n) is 3.03. The molecule has 0 saturated heterocycles. The van der Waals surface area contributed by atoms with Gasteiger partial charge in [-0.3, -0.25) is 15.8 Å². The Balaban J connectivity index is 1.69. The molecule has 1 aromatic heterocycles. The summed E-state index contributed by atoms with van der Waals surface area (Å²) in [6.45, 7) is 2.33. The second-order valence-electron chi connectivity index (χ2n) is 6.56. The van der Waals surface area contributed by atoms with E-state index >= 15 is 0 Å². The molecule has 4 rings (SSSR count). The van der Waals surface area contributed by atoms with E-state index in [0.717, 1.165) is 40.6 Å². The zero-order valence-corrected chi connectivity index (χ0v) is 14.6. The Morgan fingerprint density at radius 3 is 2.96 bits per heavy atom. The fraction of sp³-hybridized carbons (Fsp3) is 0.300.